The van der Waals surface area contributed by atoms with Gasteiger partial charge >= 0.3 is 0 Å². The van der Waals surface area contributed by atoms with Crippen LogP contribution >= 0.6 is 0 Å². The van der Waals surface area contributed by atoms with E-state index in [9.17, 15) is 4.79 Å². The van der Waals surface area contributed by atoms with Crippen molar-refractivity contribution >= 4 is 17.8 Å². The quantitative estimate of drug-likeness (QED) is 0.789. The lowest BCUT2D eigenvalue weighted by Crippen LogP contribution is -2.21. The molecule has 0 bridgehead atoms. The lowest BCUT2D eigenvalue weighted by Gasteiger charge is -2.05. The smallest absolute Gasteiger partial charge is 0.275 e. The molecule has 1 aromatic rings. The summed E-state index contributed by atoms with van der Waals surface area (Å²) in [6.45, 7) is 3.75. The molecule has 88 valence electrons. The molecule has 0 radical (unpaired) electrons. The first-order valence-electron chi connectivity index (χ1n) is 5.33. The van der Waals surface area contributed by atoms with Gasteiger partial charge in [-0.05, 0) is 32.1 Å². The summed E-state index contributed by atoms with van der Waals surface area (Å²) < 4.78 is 5.25. The monoisotopic (exact) mass is 230 g/mol. The molecular weight excluding hydrogens is 216 g/mol. The number of amides is 1. The minimum absolute atomic E-state index is 0.175. The molecule has 0 spiro atoms. The number of ether oxygens (including phenoxy) is 1. The number of amidine groups is 1. The molecule has 0 aliphatic carbocycles. The highest BCUT2D eigenvalue weighted by atomic mass is 16.5. The first-order valence-corrected chi connectivity index (χ1v) is 5.33. The van der Waals surface area contributed by atoms with Crippen LogP contribution in [0.5, 0.6) is 5.75 Å². The number of carbonyl (C=O) groups excluding carboxylic acids is 1. The Morgan fingerprint density at radius 1 is 1.35 bits per heavy atom. The van der Waals surface area contributed by atoms with Crippen LogP contribution in [0.15, 0.2) is 28.9 Å². The molecule has 0 fully saturated rings. The van der Waals surface area contributed by atoms with Crippen LogP contribution in [-0.4, -0.2) is 18.9 Å². The molecule has 4 heteroatoms. The zero-order chi connectivity index (χ0) is 12.4. The topological polar surface area (TPSA) is 50.7 Å². The van der Waals surface area contributed by atoms with E-state index in [0.717, 1.165) is 16.9 Å². The maximum atomic E-state index is 11.5. The van der Waals surface area contributed by atoms with E-state index in [1.165, 1.54) is 0 Å². The molecule has 0 aromatic heterocycles. The van der Waals surface area contributed by atoms with Gasteiger partial charge in [0.25, 0.3) is 5.91 Å². The summed E-state index contributed by atoms with van der Waals surface area (Å²) in [4.78, 5) is 15.7. The average Bonchev–Trinajstić information content (AvgIpc) is 2.58. The summed E-state index contributed by atoms with van der Waals surface area (Å²) in [5.41, 5.74) is 2.37. The van der Waals surface area contributed by atoms with Crippen molar-refractivity contribution in [1.29, 1.82) is 0 Å². The number of hydrogen-bond acceptors (Lipinski definition) is 3. The number of rotatable bonds is 2. The van der Waals surface area contributed by atoms with Gasteiger partial charge < -0.3 is 10.1 Å². The van der Waals surface area contributed by atoms with Gasteiger partial charge in [-0.3, -0.25) is 4.79 Å². The molecule has 0 saturated carbocycles. The first kappa shape index (κ1) is 11.4. The summed E-state index contributed by atoms with van der Waals surface area (Å²) in [7, 11) is 1.61. The van der Waals surface area contributed by atoms with Crippen molar-refractivity contribution in [3.8, 4) is 5.75 Å². The summed E-state index contributed by atoms with van der Waals surface area (Å²) in [5, 5.41) is 2.64. The summed E-state index contributed by atoms with van der Waals surface area (Å²) >= 11 is 0. The fourth-order valence-corrected chi connectivity index (χ4v) is 1.70. The highest BCUT2D eigenvalue weighted by Gasteiger charge is 2.17. The van der Waals surface area contributed by atoms with Crippen molar-refractivity contribution in [3.63, 3.8) is 0 Å². The van der Waals surface area contributed by atoms with Gasteiger partial charge in [-0.15, -0.1) is 0 Å². The minimum atomic E-state index is -0.175. The molecule has 0 atom stereocenters. The Labute approximate surface area is 100 Å². The Kier molecular flexibility index (Phi) is 2.95. The van der Waals surface area contributed by atoms with Crippen molar-refractivity contribution in [3.05, 3.63) is 35.0 Å². The number of aliphatic imine (C=N–C) groups is 1. The van der Waals surface area contributed by atoms with Gasteiger partial charge in [-0.2, -0.15) is 0 Å². The van der Waals surface area contributed by atoms with Gasteiger partial charge in [0.05, 0.1) is 7.11 Å². The van der Waals surface area contributed by atoms with Gasteiger partial charge in [0.2, 0.25) is 0 Å². The zero-order valence-corrected chi connectivity index (χ0v) is 10.1. The van der Waals surface area contributed by atoms with Crippen molar-refractivity contribution in [1.82, 2.24) is 5.32 Å². The molecule has 1 aliphatic rings. The van der Waals surface area contributed by atoms with Crippen LogP contribution in [0.4, 0.5) is 0 Å². The number of nitrogens with one attached hydrogen (secondary N) is 1. The molecule has 1 aliphatic heterocycles. The van der Waals surface area contributed by atoms with Gasteiger partial charge in [0, 0.05) is 5.56 Å². The maximum absolute atomic E-state index is 11.5. The Balaban J connectivity index is 2.44. The number of hydrogen-bond donors (Lipinski definition) is 1. The molecule has 2 rings (SSSR count). The van der Waals surface area contributed by atoms with E-state index in [1.54, 1.807) is 20.1 Å². The fraction of sp³-hybridized carbons (Fsp3) is 0.231. The SMILES string of the molecule is COc1ccc(C)cc1/C=C1/N=C(C)NC1=O. The first-order chi connectivity index (χ1) is 8.10. The molecule has 0 saturated heterocycles. The van der Waals surface area contributed by atoms with Crippen LogP contribution in [0.1, 0.15) is 18.1 Å². The molecule has 1 aromatic carbocycles. The third-order valence-corrected chi connectivity index (χ3v) is 2.49. The Bertz CT molecular complexity index is 530. The normalized spacial score (nSPS) is 17.0. The van der Waals surface area contributed by atoms with Crippen LogP contribution in [0, 0.1) is 6.92 Å². The summed E-state index contributed by atoms with van der Waals surface area (Å²) in [6.07, 6.45) is 1.73. The van der Waals surface area contributed by atoms with E-state index < -0.39 is 0 Å². The highest BCUT2D eigenvalue weighted by molar-refractivity contribution is 6.13. The second kappa shape index (κ2) is 4.41. The lowest BCUT2D eigenvalue weighted by molar-refractivity contribution is -0.115. The molecule has 1 amide bonds. The van der Waals surface area contributed by atoms with Gasteiger partial charge in [-0.25, -0.2) is 4.99 Å². The van der Waals surface area contributed by atoms with Crippen LogP contribution in [0.25, 0.3) is 6.08 Å². The zero-order valence-electron chi connectivity index (χ0n) is 10.1. The van der Waals surface area contributed by atoms with E-state index in [2.05, 4.69) is 10.3 Å². The largest absolute Gasteiger partial charge is 0.496 e. The van der Waals surface area contributed by atoms with Crippen LogP contribution < -0.4 is 10.1 Å². The highest BCUT2D eigenvalue weighted by Crippen LogP contribution is 2.23. The molecule has 17 heavy (non-hydrogen) atoms. The van der Waals surface area contributed by atoms with Gasteiger partial charge in [0.1, 0.15) is 17.3 Å². The summed E-state index contributed by atoms with van der Waals surface area (Å²) in [5.74, 6) is 1.18. The average molecular weight is 230 g/mol. The lowest BCUT2D eigenvalue weighted by atomic mass is 10.1. The molecule has 4 nitrogen and oxygen atoms in total. The van der Waals surface area contributed by atoms with E-state index in [1.807, 2.05) is 25.1 Å². The van der Waals surface area contributed by atoms with Gasteiger partial charge in [0.15, 0.2) is 0 Å². The molecular formula is C13H14N2O2. The van der Waals surface area contributed by atoms with E-state index in [0.29, 0.717) is 11.5 Å². The fourth-order valence-electron chi connectivity index (χ4n) is 1.70. The van der Waals surface area contributed by atoms with Crippen LogP contribution in [0.3, 0.4) is 0 Å². The molecule has 0 unspecified atom stereocenters. The van der Waals surface area contributed by atoms with Gasteiger partial charge in [-0.1, -0.05) is 11.6 Å². The Morgan fingerprint density at radius 2 is 2.12 bits per heavy atom. The van der Waals surface area contributed by atoms with E-state index in [4.69, 9.17) is 4.74 Å². The summed E-state index contributed by atoms with van der Waals surface area (Å²) in [6, 6.07) is 5.80. The van der Waals surface area contributed by atoms with E-state index >= 15 is 0 Å². The predicted molar refractivity (Wildman–Crippen MR) is 67.0 cm³/mol. The number of carbonyl (C=O) groups is 1. The van der Waals surface area contributed by atoms with Crippen molar-refractivity contribution in [2.45, 2.75) is 13.8 Å². The third-order valence-electron chi connectivity index (χ3n) is 2.49. The third kappa shape index (κ3) is 2.36. The Hall–Kier alpha value is -2.10. The van der Waals surface area contributed by atoms with Crippen LogP contribution in [-0.2, 0) is 4.79 Å². The molecule has 1 N–H and O–H groups in total. The van der Waals surface area contributed by atoms with Crippen molar-refractivity contribution in [2.24, 2.45) is 4.99 Å². The number of benzene rings is 1. The predicted octanol–water partition coefficient (Wildman–Crippen LogP) is 1.89. The second-order valence-electron chi connectivity index (χ2n) is 3.93. The molecule has 1 heterocycles. The van der Waals surface area contributed by atoms with Crippen molar-refractivity contribution < 1.29 is 9.53 Å². The van der Waals surface area contributed by atoms with Crippen LogP contribution in [0.2, 0.25) is 0 Å². The number of methoxy groups -OCH3 is 1. The van der Waals surface area contributed by atoms with E-state index in [-0.39, 0.29) is 5.91 Å². The number of nitrogens with zero attached hydrogens (tertiary/aromatic N) is 1. The maximum Gasteiger partial charge on any atom is 0.275 e. The Morgan fingerprint density at radius 3 is 2.71 bits per heavy atom. The standard InChI is InChI=1S/C13H14N2O2/c1-8-4-5-12(17-3)10(6-8)7-11-13(16)15-9(2)14-11/h4-7H,1-3H3,(H,14,15,16)/b11-7+. The second-order valence-corrected chi connectivity index (χ2v) is 3.93. The number of aryl methyl sites for hydroxylation is 1. The minimum Gasteiger partial charge on any atom is -0.496 e. The van der Waals surface area contributed by atoms with Crippen molar-refractivity contribution in [2.75, 3.05) is 7.11 Å².